The van der Waals surface area contributed by atoms with E-state index in [0.29, 0.717) is 17.9 Å². The molecule has 0 atom stereocenters. The maximum Gasteiger partial charge on any atom is 0.336 e. The fourth-order valence-electron chi connectivity index (χ4n) is 2.95. The van der Waals surface area contributed by atoms with Crippen LogP contribution >= 0.6 is 0 Å². The van der Waals surface area contributed by atoms with E-state index in [2.05, 4.69) is 10.2 Å². The minimum atomic E-state index is -0.322. The molecule has 2 aromatic rings. The number of nitrogens with zero attached hydrogens (tertiary/aromatic N) is 1. The third kappa shape index (κ3) is 3.48. The molecule has 5 nitrogen and oxygen atoms in total. The Hall–Kier alpha value is -1.85. The van der Waals surface area contributed by atoms with Gasteiger partial charge in [-0.15, -0.1) is 0 Å². The van der Waals surface area contributed by atoms with Gasteiger partial charge in [0.15, 0.2) is 0 Å². The number of benzene rings is 1. The zero-order valence-electron chi connectivity index (χ0n) is 12.9. The minimum absolute atomic E-state index is 0.322. The second-order valence-electron chi connectivity index (χ2n) is 5.68. The zero-order valence-corrected chi connectivity index (χ0v) is 12.9. The van der Waals surface area contributed by atoms with Gasteiger partial charge in [-0.25, -0.2) is 4.79 Å². The highest BCUT2D eigenvalue weighted by atomic mass is 16.5. The van der Waals surface area contributed by atoms with Crippen LogP contribution in [0.25, 0.3) is 11.0 Å². The number of methoxy groups -OCH3 is 1. The summed E-state index contributed by atoms with van der Waals surface area (Å²) in [5.74, 6) is 0.690. The summed E-state index contributed by atoms with van der Waals surface area (Å²) in [6.45, 7) is 5.08. The molecule has 22 heavy (non-hydrogen) atoms. The summed E-state index contributed by atoms with van der Waals surface area (Å²) >= 11 is 0. The molecule has 118 valence electrons. The largest absolute Gasteiger partial charge is 0.497 e. The van der Waals surface area contributed by atoms with Gasteiger partial charge in [-0.3, -0.25) is 0 Å². The summed E-state index contributed by atoms with van der Waals surface area (Å²) in [6, 6.07) is 7.15. The summed E-state index contributed by atoms with van der Waals surface area (Å²) in [5.41, 5.74) is 1.22. The molecule has 1 aliphatic heterocycles. The molecule has 0 aliphatic carbocycles. The monoisotopic (exact) mass is 302 g/mol. The number of ether oxygens (including phenoxy) is 1. The Morgan fingerprint density at radius 3 is 2.86 bits per heavy atom. The Morgan fingerprint density at radius 1 is 1.27 bits per heavy atom. The third-order valence-electron chi connectivity index (χ3n) is 4.16. The first-order valence-electron chi connectivity index (χ1n) is 7.80. The van der Waals surface area contributed by atoms with Crippen LogP contribution in [0, 0.1) is 0 Å². The normalized spacial score (nSPS) is 15.5. The second-order valence-corrected chi connectivity index (χ2v) is 5.68. The van der Waals surface area contributed by atoms with Gasteiger partial charge >= 0.3 is 5.63 Å². The maximum absolute atomic E-state index is 11.7. The van der Waals surface area contributed by atoms with E-state index in [4.69, 9.17) is 9.15 Å². The number of hydrogen-bond acceptors (Lipinski definition) is 5. The molecule has 1 aliphatic rings. The molecule has 1 N–H and O–H groups in total. The highest BCUT2D eigenvalue weighted by Crippen LogP contribution is 2.22. The number of nitrogens with one attached hydrogen (secondary N) is 1. The lowest BCUT2D eigenvalue weighted by atomic mass is 10.1. The molecule has 1 aromatic carbocycles. The van der Waals surface area contributed by atoms with Gasteiger partial charge in [0.2, 0.25) is 0 Å². The van der Waals surface area contributed by atoms with Crippen molar-refractivity contribution >= 4 is 11.0 Å². The number of likely N-dealkylation sites (tertiary alicyclic amines) is 1. The van der Waals surface area contributed by atoms with Crippen LogP contribution in [0.15, 0.2) is 33.5 Å². The van der Waals surface area contributed by atoms with E-state index >= 15 is 0 Å². The predicted molar refractivity (Wildman–Crippen MR) is 86.4 cm³/mol. The van der Waals surface area contributed by atoms with Crippen molar-refractivity contribution in [3.8, 4) is 5.75 Å². The van der Waals surface area contributed by atoms with Gasteiger partial charge in [0.05, 0.1) is 7.11 Å². The van der Waals surface area contributed by atoms with E-state index in [1.165, 1.54) is 25.9 Å². The quantitative estimate of drug-likeness (QED) is 0.653. The first kappa shape index (κ1) is 15.1. The van der Waals surface area contributed by atoms with Gasteiger partial charge in [-0.05, 0) is 43.6 Å². The highest BCUT2D eigenvalue weighted by Gasteiger charge is 2.11. The van der Waals surface area contributed by atoms with Crippen molar-refractivity contribution in [2.75, 3.05) is 33.3 Å². The topological polar surface area (TPSA) is 54.7 Å². The van der Waals surface area contributed by atoms with Crippen LogP contribution < -0.4 is 15.7 Å². The van der Waals surface area contributed by atoms with Crippen LogP contribution in [-0.2, 0) is 6.54 Å². The van der Waals surface area contributed by atoms with Gasteiger partial charge in [0, 0.05) is 37.2 Å². The summed E-state index contributed by atoms with van der Waals surface area (Å²) in [4.78, 5) is 14.2. The molecule has 1 saturated heterocycles. The lowest BCUT2D eigenvalue weighted by Crippen LogP contribution is -2.29. The third-order valence-corrected chi connectivity index (χ3v) is 4.16. The standard InChI is InChI=1S/C17H22N2O3/c1-21-14-4-5-15-13(10-17(20)22-16(15)11-14)12-18-6-9-19-7-2-3-8-19/h4-5,10-11,18H,2-3,6-9,12H2,1H3. The number of fused-ring (bicyclic) bond motifs is 1. The van der Waals surface area contributed by atoms with E-state index in [9.17, 15) is 4.79 Å². The van der Waals surface area contributed by atoms with Gasteiger partial charge in [-0.1, -0.05) is 0 Å². The van der Waals surface area contributed by atoms with Gasteiger partial charge in [-0.2, -0.15) is 0 Å². The van der Waals surface area contributed by atoms with Crippen LogP contribution in [0.1, 0.15) is 18.4 Å². The molecule has 2 heterocycles. The fourth-order valence-corrected chi connectivity index (χ4v) is 2.95. The second kappa shape index (κ2) is 6.94. The predicted octanol–water partition coefficient (Wildman–Crippen LogP) is 1.99. The number of hydrogen-bond donors (Lipinski definition) is 1. The van der Waals surface area contributed by atoms with Crippen LogP contribution in [0.2, 0.25) is 0 Å². The van der Waals surface area contributed by atoms with Gasteiger partial charge in [0.25, 0.3) is 0 Å². The molecule has 3 rings (SSSR count). The lowest BCUT2D eigenvalue weighted by Gasteiger charge is -2.15. The molecule has 0 radical (unpaired) electrons. The van der Waals surface area contributed by atoms with Crippen molar-refractivity contribution in [2.45, 2.75) is 19.4 Å². The summed E-state index contributed by atoms with van der Waals surface area (Å²) in [5, 5.41) is 4.38. The van der Waals surface area contributed by atoms with Crippen LogP contribution in [-0.4, -0.2) is 38.2 Å². The van der Waals surface area contributed by atoms with E-state index in [0.717, 1.165) is 24.0 Å². The Bertz CT molecular complexity index is 690. The Kier molecular flexibility index (Phi) is 4.75. The molecule has 0 amide bonds. The Labute approximate surface area is 129 Å². The molecule has 1 fully saturated rings. The smallest absolute Gasteiger partial charge is 0.336 e. The molecule has 0 spiro atoms. The van der Waals surface area contributed by atoms with E-state index in [-0.39, 0.29) is 5.63 Å². The first-order chi connectivity index (χ1) is 10.8. The average molecular weight is 302 g/mol. The lowest BCUT2D eigenvalue weighted by molar-refractivity contribution is 0.335. The molecular weight excluding hydrogens is 280 g/mol. The fraction of sp³-hybridized carbons (Fsp3) is 0.471. The molecular formula is C17H22N2O3. The number of rotatable bonds is 6. The van der Waals surface area contributed by atoms with Crippen molar-refractivity contribution in [1.82, 2.24) is 10.2 Å². The molecule has 0 bridgehead atoms. The van der Waals surface area contributed by atoms with Crippen LogP contribution in [0.5, 0.6) is 5.75 Å². The van der Waals surface area contributed by atoms with Gasteiger partial charge < -0.3 is 19.4 Å². The van der Waals surface area contributed by atoms with E-state index in [1.54, 1.807) is 19.2 Å². The highest BCUT2D eigenvalue weighted by molar-refractivity contribution is 5.81. The molecule has 5 heteroatoms. The maximum atomic E-state index is 11.7. The van der Waals surface area contributed by atoms with Crippen molar-refractivity contribution in [3.63, 3.8) is 0 Å². The first-order valence-corrected chi connectivity index (χ1v) is 7.80. The van der Waals surface area contributed by atoms with Crippen molar-refractivity contribution in [3.05, 3.63) is 40.2 Å². The molecule has 0 unspecified atom stereocenters. The summed E-state index contributed by atoms with van der Waals surface area (Å²) in [7, 11) is 1.60. The molecule has 1 aromatic heterocycles. The zero-order chi connectivity index (χ0) is 15.4. The van der Waals surface area contributed by atoms with Crippen LogP contribution in [0.4, 0.5) is 0 Å². The Morgan fingerprint density at radius 2 is 2.09 bits per heavy atom. The van der Waals surface area contributed by atoms with Crippen molar-refractivity contribution in [2.24, 2.45) is 0 Å². The van der Waals surface area contributed by atoms with E-state index < -0.39 is 0 Å². The van der Waals surface area contributed by atoms with E-state index in [1.807, 2.05) is 12.1 Å². The summed E-state index contributed by atoms with van der Waals surface area (Å²) < 4.78 is 10.4. The molecule has 0 saturated carbocycles. The SMILES string of the molecule is COc1ccc2c(CNCCN3CCCC3)cc(=O)oc2c1. The van der Waals surface area contributed by atoms with Gasteiger partial charge in [0.1, 0.15) is 11.3 Å². The van der Waals surface area contributed by atoms with Crippen molar-refractivity contribution in [1.29, 1.82) is 0 Å². The van der Waals surface area contributed by atoms with Crippen molar-refractivity contribution < 1.29 is 9.15 Å². The minimum Gasteiger partial charge on any atom is -0.497 e. The Balaban J connectivity index is 1.68. The summed E-state index contributed by atoms with van der Waals surface area (Å²) in [6.07, 6.45) is 2.62. The average Bonchev–Trinajstić information content (AvgIpc) is 3.04. The van der Waals surface area contributed by atoms with Crippen LogP contribution in [0.3, 0.4) is 0 Å².